The van der Waals surface area contributed by atoms with Gasteiger partial charge in [0.1, 0.15) is 31.1 Å². The van der Waals surface area contributed by atoms with E-state index < -0.39 is 37.4 Å². The van der Waals surface area contributed by atoms with Crippen molar-refractivity contribution in [2.24, 2.45) is 0 Å². The maximum atomic E-state index is 12.8. The maximum absolute atomic E-state index is 12.8. The van der Waals surface area contributed by atoms with E-state index in [0.717, 1.165) is 5.56 Å². The lowest BCUT2D eigenvalue weighted by Gasteiger charge is -2.39. The van der Waals surface area contributed by atoms with Gasteiger partial charge in [0, 0.05) is 0 Å². The zero-order valence-electron chi connectivity index (χ0n) is 10.2. The smallest absolute Gasteiger partial charge is 0.184 e. The standard InChI is InChI=1S/C13H17FO5/c14-6-9-12(10(15)11(16)13(17)19-9)18-7-8-4-2-1-3-5-8/h1-5,9-13,15-17H,6-7H2/t9-,10-,11+,12-,13+/m1/s1. The van der Waals surface area contributed by atoms with Gasteiger partial charge in [0.15, 0.2) is 6.29 Å². The number of halogens is 1. The Morgan fingerprint density at radius 3 is 2.42 bits per heavy atom. The molecule has 1 aromatic rings. The highest BCUT2D eigenvalue weighted by Crippen LogP contribution is 2.23. The number of rotatable bonds is 4. The Balaban J connectivity index is 2.00. The van der Waals surface area contributed by atoms with E-state index in [0.29, 0.717) is 0 Å². The van der Waals surface area contributed by atoms with Crippen LogP contribution in [0.15, 0.2) is 30.3 Å². The summed E-state index contributed by atoms with van der Waals surface area (Å²) >= 11 is 0. The van der Waals surface area contributed by atoms with Crippen LogP contribution < -0.4 is 0 Å². The van der Waals surface area contributed by atoms with Crippen molar-refractivity contribution in [2.45, 2.75) is 37.3 Å². The zero-order valence-corrected chi connectivity index (χ0v) is 10.2. The van der Waals surface area contributed by atoms with Crippen LogP contribution in [0.4, 0.5) is 4.39 Å². The van der Waals surface area contributed by atoms with E-state index in [4.69, 9.17) is 9.47 Å². The molecule has 5 atom stereocenters. The molecule has 19 heavy (non-hydrogen) atoms. The summed E-state index contributed by atoms with van der Waals surface area (Å²) in [6, 6.07) is 9.17. The second kappa shape index (κ2) is 6.40. The minimum atomic E-state index is -1.60. The van der Waals surface area contributed by atoms with Gasteiger partial charge in [0.25, 0.3) is 0 Å². The Labute approximate surface area is 110 Å². The first-order chi connectivity index (χ1) is 9.13. The lowest BCUT2D eigenvalue weighted by Crippen LogP contribution is -2.58. The summed E-state index contributed by atoms with van der Waals surface area (Å²) in [6.45, 7) is -0.758. The summed E-state index contributed by atoms with van der Waals surface area (Å²) in [4.78, 5) is 0. The van der Waals surface area contributed by atoms with Gasteiger partial charge in [-0.1, -0.05) is 30.3 Å². The predicted molar refractivity (Wildman–Crippen MR) is 63.9 cm³/mol. The molecule has 0 radical (unpaired) electrons. The van der Waals surface area contributed by atoms with E-state index in [1.807, 2.05) is 30.3 Å². The minimum Gasteiger partial charge on any atom is -0.387 e. The van der Waals surface area contributed by atoms with E-state index in [9.17, 15) is 19.7 Å². The number of aliphatic hydroxyl groups is 3. The third kappa shape index (κ3) is 3.29. The second-order valence-electron chi connectivity index (χ2n) is 4.46. The Hall–Kier alpha value is -1.05. The Morgan fingerprint density at radius 2 is 1.79 bits per heavy atom. The quantitative estimate of drug-likeness (QED) is 0.718. The fraction of sp³-hybridized carbons (Fsp3) is 0.538. The molecule has 1 fully saturated rings. The van der Waals surface area contributed by atoms with Crippen LogP contribution in [-0.2, 0) is 16.1 Å². The van der Waals surface area contributed by atoms with E-state index in [1.54, 1.807) is 0 Å². The Morgan fingerprint density at radius 1 is 1.11 bits per heavy atom. The van der Waals surface area contributed by atoms with Gasteiger partial charge in [-0.25, -0.2) is 4.39 Å². The number of benzene rings is 1. The molecule has 5 nitrogen and oxygen atoms in total. The van der Waals surface area contributed by atoms with Gasteiger partial charge in [-0.15, -0.1) is 0 Å². The molecule has 3 N–H and O–H groups in total. The molecule has 2 rings (SSSR count). The molecule has 1 aliphatic rings. The van der Waals surface area contributed by atoms with Crippen molar-refractivity contribution in [3.63, 3.8) is 0 Å². The minimum absolute atomic E-state index is 0.158. The molecule has 0 unspecified atom stereocenters. The molecule has 0 amide bonds. The van der Waals surface area contributed by atoms with E-state index >= 15 is 0 Å². The fourth-order valence-electron chi connectivity index (χ4n) is 2.02. The van der Waals surface area contributed by atoms with Crippen LogP contribution in [-0.4, -0.2) is 52.7 Å². The van der Waals surface area contributed by atoms with Gasteiger partial charge in [-0.3, -0.25) is 0 Å². The summed E-state index contributed by atoms with van der Waals surface area (Å²) < 4.78 is 23.1. The van der Waals surface area contributed by atoms with Crippen molar-refractivity contribution >= 4 is 0 Å². The van der Waals surface area contributed by atoms with Gasteiger partial charge in [0.2, 0.25) is 0 Å². The number of hydrogen-bond donors (Lipinski definition) is 3. The molecule has 1 saturated heterocycles. The highest BCUT2D eigenvalue weighted by molar-refractivity contribution is 5.13. The Kier molecular flexibility index (Phi) is 4.84. The van der Waals surface area contributed by atoms with Gasteiger partial charge >= 0.3 is 0 Å². The highest BCUT2D eigenvalue weighted by Gasteiger charge is 2.44. The van der Waals surface area contributed by atoms with Crippen LogP contribution in [0.2, 0.25) is 0 Å². The summed E-state index contributed by atoms with van der Waals surface area (Å²) in [7, 11) is 0. The molecule has 1 aliphatic heterocycles. The first-order valence-corrected chi connectivity index (χ1v) is 6.04. The van der Waals surface area contributed by atoms with Gasteiger partial charge in [-0.2, -0.15) is 0 Å². The summed E-state index contributed by atoms with van der Waals surface area (Å²) in [5.74, 6) is 0. The fourth-order valence-corrected chi connectivity index (χ4v) is 2.02. The summed E-state index contributed by atoms with van der Waals surface area (Å²) in [5, 5.41) is 28.6. The van der Waals surface area contributed by atoms with Crippen LogP contribution >= 0.6 is 0 Å². The molecule has 0 aliphatic carbocycles. The average Bonchev–Trinajstić information content (AvgIpc) is 2.44. The number of alkyl halides is 1. The molecule has 1 aromatic carbocycles. The molecule has 106 valence electrons. The molecule has 1 heterocycles. The number of hydrogen-bond acceptors (Lipinski definition) is 5. The molecule has 0 saturated carbocycles. The van der Waals surface area contributed by atoms with Crippen LogP contribution in [0.5, 0.6) is 0 Å². The lowest BCUT2D eigenvalue weighted by molar-refractivity contribution is -0.292. The molecule has 6 heteroatoms. The number of aliphatic hydroxyl groups excluding tert-OH is 3. The molecular weight excluding hydrogens is 255 g/mol. The molecule has 0 spiro atoms. The van der Waals surface area contributed by atoms with E-state index in [2.05, 4.69) is 0 Å². The first-order valence-electron chi connectivity index (χ1n) is 6.04. The average molecular weight is 272 g/mol. The monoisotopic (exact) mass is 272 g/mol. The van der Waals surface area contributed by atoms with Crippen molar-refractivity contribution < 1.29 is 29.2 Å². The molecular formula is C13H17FO5. The van der Waals surface area contributed by atoms with Gasteiger partial charge in [-0.05, 0) is 5.56 Å². The largest absolute Gasteiger partial charge is 0.387 e. The maximum Gasteiger partial charge on any atom is 0.184 e. The molecule has 0 aromatic heterocycles. The van der Waals surface area contributed by atoms with Crippen molar-refractivity contribution in [1.82, 2.24) is 0 Å². The third-order valence-corrected chi connectivity index (χ3v) is 3.10. The van der Waals surface area contributed by atoms with Gasteiger partial charge < -0.3 is 24.8 Å². The van der Waals surface area contributed by atoms with Crippen molar-refractivity contribution in [2.75, 3.05) is 6.67 Å². The SMILES string of the molecule is O[C@@H]1[C@H](O)[C@@H](O)O[C@H](CF)[C@H]1OCc1ccccc1. The summed E-state index contributed by atoms with van der Waals surface area (Å²) in [5.41, 5.74) is 0.855. The Bertz CT molecular complexity index is 386. The first kappa shape index (κ1) is 14.4. The normalized spacial score (nSPS) is 35.3. The second-order valence-corrected chi connectivity index (χ2v) is 4.46. The van der Waals surface area contributed by atoms with Gasteiger partial charge in [0.05, 0.1) is 6.61 Å². The van der Waals surface area contributed by atoms with Crippen LogP contribution in [0.1, 0.15) is 5.56 Å². The van der Waals surface area contributed by atoms with Crippen molar-refractivity contribution in [1.29, 1.82) is 0 Å². The predicted octanol–water partition coefficient (Wildman–Crippen LogP) is -0.0197. The third-order valence-electron chi connectivity index (χ3n) is 3.10. The zero-order chi connectivity index (χ0) is 13.8. The molecule has 0 bridgehead atoms. The lowest BCUT2D eigenvalue weighted by atomic mass is 9.99. The summed E-state index contributed by atoms with van der Waals surface area (Å²) in [6.07, 6.45) is -6.63. The number of ether oxygens (including phenoxy) is 2. The van der Waals surface area contributed by atoms with Crippen LogP contribution in [0.25, 0.3) is 0 Å². The highest BCUT2D eigenvalue weighted by atomic mass is 19.1. The van der Waals surface area contributed by atoms with Crippen LogP contribution in [0.3, 0.4) is 0 Å². The topological polar surface area (TPSA) is 79.2 Å². The van der Waals surface area contributed by atoms with Crippen molar-refractivity contribution in [3.8, 4) is 0 Å². The van der Waals surface area contributed by atoms with Crippen molar-refractivity contribution in [3.05, 3.63) is 35.9 Å². The van der Waals surface area contributed by atoms with Crippen LogP contribution in [0, 0.1) is 0 Å². The van der Waals surface area contributed by atoms with E-state index in [-0.39, 0.29) is 6.61 Å². The van der Waals surface area contributed by atoms with E-state index in [1.165, 1.54) is 0 Å².